The van der Waals surface area contributed by atoms with Crippen LogP contribution >= 0.6 is 0 Å². The van der Waals surface area contributed by atoms with Crippen LogP contribution in [-0.4, -0.2) is 37.4 Å². The van der Waals surface area contributed by atoms with Crippen LogP contribution in [-0.2, 0) is 6.54 Å². The molecule has 1 aliphatic heterocycles. The minimum absolute atomic E-state index is 0.0961. The predicted molar refractivity (Wildman–Crippen MR) is 98.2 cm³/mol. The van der Waals surface area contributed by atoms with Gasteiger partial charge < -0.3 is 20.6 Å². The van der Waals surface area contributed by atoms with E-state index in [9.17, 15) is 9.90 Å². The highest BCUT2D eigenvalue weighted by Crippen LogP contribution is 2.23. The molecule has 0 radical (unpaired) electrons. The average molecular weight is 333 g/mol. The highest BCUT2D eigenvalue weighted by atomic mass is 16.3. The van der Waals surface area contributed by atoms with Crippen LogP contribution in [0.4, 0.5) is 10.5 Å². The number of nitrogens with zero attached hydrogens (tertiary/aromatic N) is 1. The summed E-state index contributed by atoms with van der Waals surface area (Å²) in [5.74, 6) is 0.459. The molecule has 5 nitrogen and oxygen atoms in total. The number of carbonyl (C=O) groups is 1. The molecule has 1 aromatic carbocycles. The molecule has 0 atom stereocenters. The Labute approximate surface area is 145 Å². The molecular formula is C19H31N3O2. The van der Waals surface area contributed by atoms with Crippen molar-refractivity contribution in [3.05, 3.63) is 29.8 Å². The molecule has 1 aromatic rings. The second kappa shape index (κ2) is 10.2. The molecule has 24 heavy (non-hydrogen) atoms. The summed E-state index contributed by atoms with van der Waals surface area (Å²) in [6, 6.07) is 8.29. The summed E-state index contributed by atoms with van der Waals surface area (Å²) >= 11 is 0. The molecule has 2 rings (SSSR count). The lowest BCUT2D eigenvalue weighted by Crippen LogP contribution is -2.35. The SMILES string of the molecule is CCCCCNC(=O)NCc1ccc(N2CCC(CO)CC2)cc1. The van der Waals surface area contributed by atoms with Crippen molar-refractivity contribution in [1.29, 1.82) is 0 Å². The summed E-state index contributed by atoms with van der Waals surface area (Å²) in [5.41, 5.74) is 2.33. The van der Waals surface area contributed by atoms with Crippen LogP contribution in [0.25, 0.3) is 0 Å². The first-order valence-electron chi connectivity index (χ1n) is 9.19. The average Bonchev–Trinajstić information content (AvgIpc) is 2.64. The Morgan fingerprint density at radius 3 is 2.50 bits per heavy atom. The normalized spacial score (nSPS) is 15.3. The van der Waals surface area contributed by atoms with E-state index in [0.717, 1.165) is 57.3 Å². The second-order valence-electron chi connectivity index (χ2n) is 6.60. The number of hydrogen-bond donors (Lipinski definition) is 3. The summed E-state index contributed by atoms with van der Waals surface area (Å²) in [6.07, 6.45) is 5.45. The summed E-state index contributed by atoms with van der Waals surface area (Å²) < 4.78 is 0. The van der Waals surface area contributed by atoms with Crippen molar-refractivity contribution >= 4 is 11.7 Å². The fourth-order valence-corrected chi connectivity index (χ4v) is 3.02. The maximum atomic E-state index is 11.7. The summed E-state index contributed by atoms with van der Waals surface area (Å²) in [6.45, 7) is 5.75. The van der Waals surface area contributed by atoms with Gasteiger partial charge in [-0.3, -0.25) is 0 Å². The van der Waals surface area contributed by atoms with E-state index in [2.05, 4.69) is 46.7 Å². The predicted octanol–water partition coefficient (Wildman–Crippen LogP) is 2.88. The van der Waals surface area contributed by atoms with Crippen molar-refractivity contribution in [2.45, 2.75) is 45.6 Å². The Morgan fingerprint density at radius 1 is 1.17 bits per heavy atom. The first kappa shape index (κ1) is 18.6. The first-order chi connectivity index (χ1) is 11.7. The molecule has 1 fully saturated rings. The third-order valence-corrected chi connectivity index (χ3v) is 4.69. The Bertz CT molecular complexity index is 482. The summed E-state index contributed by atoms with van der Waals surface area (Å²) in [5, 5.41) is 15.0. The van der Waals surface area contributed by atoms with E-state index >= 15 is 0 Å². The number of amides is 2. The standard InChI is InChI=1S/C19H31N3O2/c1-2-3-4-11-20-19(24)21-14-16-5-7-18(8-6-16)22-12-9-17(15-23)10-13-22/h5-8,17,23H,2-4,9-15H2,1H3,(H2,20,21,24). The van der Waals surface area contributed by atoms with Gasteiger partial charge in [-0.25, -0.2) is 4.79 Å². The number of unbranched alkanes of at least 4 members (excludes halogenated alkanes) is 2. The molecule has 3 N–H and O–H groups in total. The molecule has 0 unspecified atom stereocenters. The largest absolute Gasteiger partial charge is 0.396 e. The molecule has 2 amide bonds. The number of piperidine rings is 1. The van der Waals surface area contributed by atoms with Crippen LogP contribution in [0.2, 0.25) is 0 Å². The zero-order valence-electron chi connectivity index (χ0n) is 14.8. The molecule has 0 aliphatic carbocycles. The molecular weight excluding hydrogens is 302 g/mol. The Hall–Kier alpha value is -1.75. The first-order valence-corrected chi connectivity index (χ1v) is 9.19. The zero-order chi connectivity index (χ0) is 17.2. The van der Waals surface area contributed by atoms with E-state index in [1.807, 2.05) is 0 Å². The maximum Gasteiger partial charge on any atom is 0.315 e. The van der Waals surface area contributed by atoms with Crippen molar-refractivity contribution in [1.82, 2.24) is 10.6 Å². The van der Waals surface area contributed by atoms with Crippen molar-refractivity contribution in [3.8, 4) is 0 Å². The summed E-state index contributed by atoms with van der Waals surface area (Å²) in [4.78, 5) is 14.1. The van der Waals surface area contributed by atoms with Crippen molar-refractivity contribution < 1.29 is 9.90 Å². The third kappa shape index (κ3) is 6.04. The van der Waals surface area contributed by atoms with Crippen LogP contribution in [0, 0.1) is 5.92 Å². The van der Waals surface area contributed by atoms with Gasteiger partial charge in [-0.15, -0.1) is 0 Å². The number of benzene rings is 1. The molecule has 1 saturated heterocycles. The monoisotopic (exact) mass is 333 g/mol. The minimum atomic E-state index is -0.0961. The molecule has 0 saturated carbocycles. The summed E-state index contributed by atoms with van der Waals surface area (Å²) in [7, 11) is 0. The smallest absolute Gasteiger partial charge is 0.315 e. The van der Waals surface area contributed by atoms with Gasteiger partial charge in [0.2, 0.25) is 0 Å². The van der Waals surface area contributed by atoms with Crippen LogP contribution < -0.4 is 15.5 Å². The molecule has 0 bridgehead atoms. The van der Waals surface area contributed by atoms with Crippen molar-refractivity contribution in [2.24, 2.45) is 5.92 Å². The number of anilines is 1. The second-order valence-corrected chi connectivity index (χ2v) is 6.60. The zero-order valence-corrected chi connectivity index (χ0v) is 14.8. The Kier molecular flexibility index (Phi) is 7.89. The van der Waals surface area contributed by atoms with Crippen LogP contribution in [0.3, 0.4) is 0 Å². The number of hydrogen-bond acceptors (Lipinski definition) is 3. The van der Waals surface area contributed by atoms with Gasteiger partial charge in [0.1, 0.15) is 0 Å². The Morgan fingerprint density at radius 2 is 1.88 bits per heavy atom. The molecule has 0 aromatic heterocycles. The maximum absolute atomic E-state index is 11.7. The number of urea groups is 1. The number of carbonyl (C=O) groups excluding carboxylic acids is 1. The van der Waals surface area contributed by atoms with E-state index in [0.29, 0.717) is 19.1 Å². The van der Waals surface area contributed by atoms with Crippen molar-refractivity contribution in [3.63, 3.8) is 0 Å². The lowest BCUT2D eigenvalue weighted by molar-refractivity contribution is 0.203. The fourth-order valence-electron chi connectivity index (χ4n) is 3.02. The highest BCUT2D eigenvalue weighted by molar-refractivity contribution is 5.73. The number of aliphatic hydroxyl groups excluding tert-OH is 1. The quantitative estimate of drug-likeness (QED) is 0.641. The van der Waals surface area contributed by atoms with Gasteiger partial charge in [0.25, 0.3) is 0 Å². The Balaban J connectivity index is 1.71. The molecule has 1 heterocycles. The van der Waals surface area contributed by atoms with E-state index in [-0.39, 0.29) is 6.03 Å². The number of aliphatic hydroxyl groups is 1. The lowest BCUT2D eigenvalue weighted by Gasteiger charge is -2.33. The van der Waals surface area contributed by atoms with Gasteiger partial charge in [0.15, 0.2) is 0 Å². The van der Waals surface area contributed by atoms with Gasteiger partial charge in [-0.1, -0.05) is 31.9 Å². The third-order valence-electron chi connectivity index (χ3n) is 4.69. The van der Waals surface area contributed by atoms with E-state index in [1.54, 1.807) is 0 Å². The van der Waals surface area contributed by atoms with E-state index in [4.69, 9.17) is 0 Å². The molecule has 5 heteroatoms. The molecule has 1 aliphatic rings. The van der Waals surface area contributed by atoms with E-state index in [1.165, 1.54) is 5.69 Å². The van der Waals surface area contributed by atoms with Gasteiger partial charge in [0.05, 0.1) is 0 Å². The number of rotatable bonds is 8. The topological polar surface area (TPSA) is 64.6 Å². The van der Waals surface area contributed by atoms with Crippen LogP contribution in [0.15, 0.2) is 24.3 Å². The molecule has 134 valence electrons. The van der Waals surface area contributed by atoms with Gasteiger partial charge >= 0.3 is 6.03 Å². The lowest BCUT2D eigenvalue weighted by atomic mass is 9.97. The fraction of sp³-hybridized carbons (Fsp3) is 0.632. The number of nitrogens with one attached hydrogen (secondary N) is 2. The van der Waals surface area contributed by atoms with Crippen LogP contribution in [0.1, 0.15) is 44.6 Å². The highest BCUT2D eigenvalue weighted by Gasteiger charge is 2.18. The minimum Gasteiger partial charge on any atom is -0.396 e. The van der Waals surface area contributed by atoms with Gasteiger partial charge in [-0.05, 0) is 42.9 Å². The van der Waals surface area contributed by atoms with Crippen molar-refractivity contribution in [2.75, 3.05) is 31.1 Å². The van der Waals surface area contributed by atoms with E-state index < -0.39 is 0 Å². The van der Waals surface area contributed by atoms with Crippen LogP contribution in [0.5, 0.6) is 0 Å². The molecule has 0 spiro atoms. The van der Waals surface area contributed by atoms with Gasteiger partial charge in [-0.2, -0.15) is 0 Å². The van der Waals surface area contributed by atoms with Gasteiger partial charge in [0, 0.05) is 38.5 Å².